The van der Waals surface area contributed by atoms with Gasteiger partial charge >= 0.3 is 0 Å². The van der Waals surface area contributed by atoms with E-state index >= 15 is 0 Å². The Morgan fingerprint density at radius 1 is 1.53 bits per heavy atom. The molecule has 0 aliphatic rings. The zero-order chi connectivity index (χ0) is 12.4. The van der Waals surface area contributed by atoms with Gasteiger partial charge in [0, 0.05) is 27.9 Å². The molecule has 0 saturated heterocycles. The number of imidazole rings is 1. The fourth-order valence-electron chi connectivity index (χ4n) is 1.67. The van der Waals surface area contributed by atoms with Crippen LogP contribution in [0.4, 0.5) is 0 Å². The first kappa shape index (κ1) is 12.8. The molecular formula is C12H16BrN3S. The van der Waals surface area contributed by atoms with Gasteiger partial charge in [-0.1, -0.05) is 13.8 Å². The van der Waals surface area contributed by atoms with Crippen LogP contribution in [0.3, 0.4) is 0 Å². The van der Waals surface area contributed by atoms with Gasteiger partial charge in [0.15, 0.2) is 0 Å². The Balaban J connectivity index is 2.43. The Labute approximate surface area is 114 Å². The molecular weight excluding hydrogens is 298 g/mol. The van der Waals surface area contributed by atoms with Gasteiger partial charge in [0.1, 0.15) is 11.5 Å². The third-order valence-electron chi connectivity index (χ3n) is 2.54. The number of nitrogens with one attached hydrogen (secondary N) is 1. The summed E-state index contributed by atoms with van der Waals surface area (Å²) in [4.78, 5) is 9.26. The monoisotopic (exact) mass is 313 g/mol. The van der Waals surface area contributed by atoms with Crippen molar-refractivity contribution in [3.63, 3.8) is 0 Å². The molecule has 0 fully saturated rings. The number of aromatic nitrogens is 2. The number of thiophene rings is 1. The van der Waals surface area contributed by atoms with Gasteiger partial charge in [-0.3, -0.25) is 0 Å². The van der Waals surface area contributed by atoms with E-state index in [9.17, 15) is 0 Å². The lowest BCUT2D eigenvalue weighted by Crippen LogP contribution is -2.04. The van der Waals surface area contributed by atoms with E-state index in [0.717, 1.165) is 28.1 Å². The number of rotatable bonds is 4. The second-order valence-corrected chi connectivity index (χ2v) is 6.10. The van der Waals surface area contributed by atoms with Gasteiger partial charge in [0.2, 0.25) is 0 Å². The van der Waals surface area contributed by atoms with Crippen LogP contribution in [-0.4, -0.2) is 16.5 Å². The van der Waals surface area contributed by atoms with Crippen LogP contribution in [0.25, 0.3) is 10.6 Å². The number of H-pyrrole nitrogens is 1. The lowest BCUT2D eigenvalue weighted by atomic mass is 10.2. The van der Waals surface area contributed by atoms with E-state index in [1.54, 1.807) is 11.3 Å². The first-order valence-corrected chi connectivity index (χ1v) is 7.32. The zero-order valence-corrected chi connectivity index (χ0v) is 12.4. The van der Waals surface area contributed by atoms with E-state index in [1.165, 1.54) is 4.88 Å². The van der Waals surface area contributed by atoms with Crippen LogP contribution in [0.1, 0.15) is 31.3 Å². The predicted octanol–water partition coefficient (Wildman–Crippen LogP) is 3.53. The topological polar surface area (TPSA) is 54.7 Å². The average Bonchev–Trinajstić information content (AvgIpc) is 2.85. The zero-order valence-electron chi connectivity index (χ0n) is 9.96. The predicted molar refractivity (Wildman–Crippen MR) is 76.4 cm³/mol. The Kier molecular flexibility index (Phi) is 4.01. The largest absolute Gasteiger partial charge is 0.345 e. The van der Waals surface area contributed by atoms with E-state index in [-0.39, 0.29) is 0 Å². The van der Waals surface area contributed by atoms with Crippen molar-refractivity contribution in [2.45, 2.75) is 26.2 Å². The summed E-state index contributed by atoms with van der Waals surface area (Å²) in [5, 5.41) is 2.07. The van der Waals surface area contributed by atoms with Crippen LogP contribution in [-0.2, 0) is 6.42 Å². The van der Waals surface area contributed by atoms with Crippen molar-refractivity contribution in [3.8, 4) is 10.6 Å². The molecule has 0 bridgehead atoms. The van der Waals surface area contributed by atoms with E-state index in [2.05, 4.69) is 46.2 Å². The standard InChI is InChI=1S/C12H16BrN3S/c1-7(2)12-15-9(3-4-14)11(16-12)10-5-8(13)6-17-10/h5-7H,3-4,14H2,1-2H3,(H,15,16). The minimum absolute atomic E-state index is 0.406. The number of hydrogen-bond donors (Lipinski definition) is 2. The minimum atomic E-state index is 0.406. The van der Waals surface area contributed by atoms with Crippen LogP contribution < -0.4 is 5.73 Å². The highest BCUT2D eigenvalue weighted by atomic mass is 79.9. The average molecular weight is 314 g/mol. The highest BCUT2D eigenvalue weighted by Gasteiger charge is 2.14. The first-order chi connectivity index (χ1) is 8.11. The molecule has 92 valence electrons. The van der Waals surface area contributed by atoms with E-state index < -0.39 is 0 Å². The molecule has 2 rings (SSSR count). The number of halogens is 1. The summed E-state index contributed by atoms with van der Waals surface area (Å²) in [5.41, 5.74) is 7.84. The molecule has 3 N–H and O–H groups in total. The highest BCUT2D eigenvalue weighted by Crippen LogP contribution is 2.32. The van der Waals surface area contributed by atoms with Crippen molar-refractivity contribution in [2.24, 2.45) is 5.73 Å². The van der Waals surface area contributed by atoms with Gasteiger partial charge in [0.25, 0.3) is 0 Å². The second kappa shape index (κ2) is 5.33. The minimum Gasteiger partial charge on any atom is -0.345 e. The van der Waals surface area contributed by atoms with Gasteiger partial charge in [-0.05, 0) is 28.5 Å². The van der Waals surface area contributed by atoms with Crippen molar-refractivity contribution in [1.29, 1.82) is 0 Å². The summed E-state index contributed by atoms with van der Waals surface area (Å²) in [6.07, 6.45) is 0.838. The maximum absolute atomic E-state index is 5.64. The van der Waals surface area contributed by atoms with Crippen LogP contribution in [0, 0.1) is 0 Å². The Morgan fingerprint density at radius 2 is 2.29 bits per heavy atom. The number of nitrogens with two attached hydrogens (primary N) is 1. The normalized spacial score (nSPS) is 11.4. The molecule has 0 spiro atoms. The molecule has 0 aromatic carbocycles. The van der Waals surface area contributed by atoms with Crippen molar-refractivity contribution in [1.82, 2.24) is 9.97 Å². The molecule has 0 atom stereocenters. The second-order valence-electron chi connectivity index (χ2n) is 4.27. The summed E-state index contributed by atoms with van der Waals surface area (Å²) in [6.45, 7) is 4.91. The van der Waals surface area contributed by atoms with Gasteiger partial charge in [-0.25, -0.2) is 4.98 Å². The molecule has 0 aliphatic heterocycles. The quantitative estimate of drug-likeness (QED) is 0.907. The Bertz CT molecular complexity index is 502. The lowest BCUT2D eigenvalue weighted by Gasteiger charge is -1.97. The molecule has 5 heteroatoms. The molecule has 0 radical (unpaired) electrons. The third-order valence-corrected chi connectivity index (χ3v) is 4.24. The van der Waals surface area contributed by atoms with Crippen LogP contribution in [0.15, 0.2) is 15.9 Å². The van der Waals surface area contributed by atoms with E-state index in [4.69, 9.17) is 10.7 Å². The van der Waals surface area contributed by atoms with Crippen LogP contribution in [0.5, 0.6) is 0 Å². The third kappa shape index (κ3) is 2.78. The molecule has 2 heterocycles. The van der Waals surface area contributed by atoms with Crippen molar-refractivity contribution >= 4 is 27.3 Å². The summed E-state index contributed by atoms with van der Waals surface area (Å²) < 4.78 is 1.10. The SMILES string of the molecule is CC(C)c1nc(-c2cc(Br)cs2)c(CCN)[nH]1. The molecule has 3 nitrogen and oxygen atoms in total. The van der Waals surface area contributed by atoms with Crippen molar-refractivity contribution < 1.29 is 0 Å². The summed E-state index contributed by atoms with van der Waals surface area (Å²) >= 11 is 5.17. The van der Waals surface area contributed by atoms with Gasteiger partial charge < -0.3 is 10.7 Å². The molecule has 0 amide bonds. The lowest BCUT2D eigenvalue weighted by molar-refractivity contribution is 0.786. The van der Waals surface area contributed by atoms with Gasteiger partial charge in [-0.2, -0.15) is 0 Å². The van der Waals surface area contributed by atoms with Crippen molar-refractivity contribution in [3.05, 3.63) is 27.4 Å². The smallest absolute Gasteiger partial charge is 0.109 e. The maximum atomic E-state index is 5.64. The molecule has 17 heavy (non-hydrogen) atoms. The van der Waals surface area contributed by atoms with E-state index in [1.807, 2.05) is 0 Å². The van der Waals surface area contributed by atoms with E-state index in [0.29, 0.717) is 12.5 Å². The first-order valence-electron chi connectivity index (χ1n) is 5.65. The maximum Gasteiger partial charge on any atom is 0.109 e. The highest BCUT2D eigenvalue weighted by molar-refractivity contribution is 9.10. The summed E-state index contributed by atoms with van der Waals surface area (Å²) in [6, 6.07) is 2.10. The number of nitrogens with zero attached hydrogens (tertiary/aromatic N) is 1. The number of aromatic amines is 1. The molecule has 0 aliphatic carbocycles. The van der Waals surface area contributed by atoms with Crippen LogP contribution in [0.2, 0.25) is 0 Å². The van der Waals surface area contributed by atoms with Gasteiger partial charge in [0.05, 0.1) is 4.88 Å². The number of hydrogen-bond acceptors (Lipinski definition) is 3. The Hall–Kier alpha value is -0.650. The summed E-state index contributed by atoms with van der Waals surface area (Å²) in [7, 11) is 0. The molecule has 2 aromatic heterocycles. The fourth-order valence-corrected chi connectivity index (χ4v) is 3.11. The molecule has 0 unspecified atom stereocenters. The Morgan fingerprint density at radius 3 is 2.82 bits per heavy atom. The molecule has 2 aromatic rings. The van der Waals surface area contributed by atoms with Crippen LogP contribution >= 0.6 is 27.3 Å². The molecule has 0 saturated carbocycles. The van der Waals surface area contributed by atoms with Gasteiger partial charge in [-0.15, -0.1) is 11.3 Å². The summed E-state index contributed by atoms with van der Waals surface area (Å²) in [5.74, 6) is 1.44. The van der Waals surface area contributed by atoms with Crippen molar-refractivity contribution in [2.75, 3.05) is 6.54 Å². The fraction of sp³-hybridized carbons (Fsp3) is 0.417.